The molecule has 64 valence electrons. The molecular formula is C8H8Cl2N2. The fourth-order valence-corrected chi connectivity index (χ4v) is 1.82. The van der Waals surface area contributed by atoms with E-state index in [-0.39, 0.29) is 0 Å². The standard InChI is InChI=1S/C8H8Cl2N2/c9-7-6-1-2-11-3-5(6)4-12-8(7)10/h4,11H,1-3H2. The van der Waals surface area contributed by atoms with Gasteiger partial charge in [0.15, 0.2) is 0 Å². The SMILES string of the molecule is Clc1ncc2c(c1Cl)CCNC2. The van der Waals surface area contributed by atoms with Crippen molar-refractivity contribution >= 4 is 23.2 Å². The lowest BCUT2D eigenvalue weighted by Crippen LogP contribution is -2.24. The number of fused-ring (bicyclic) bond motifs is 1. The van der Waals surface area contributed by atoms with Gasteiger partial charge in [-0.25, -0.2) is 4.98 Å². The molecule has 0 saturated carbocycles. The Morgan fingerprint density at radius 3 is 3.08 bits per heavy atom. The zero-order valence-electron chi connectivity index (χ0n) is 6.40. The maximum atomic E-state index is 5.99. The van der Waals surface area contributed by atoms with E-state index in [1.807, 2.05) is 0 Å². The number of pyridine rings is 1. The number of hydrogen-bond acceptors (Lipinski definition) is 2. The van der Waals surface area contributed by atoms with E-state index in [9.17, 15) is 0 Å². The molecule has 0 saturated heterocycles. The second kappa shape index (κ2) is 3.21. The van der Waals surface area contributed by atoms with Crippen LogP contribution in [0.2, 0.25) is 10.2 Å². The molecule has 2 heterocycles. The Hall–Kier alpha value is -0.310. The Morgan fingerprint density at radius 1 is 1.42 bits per heavy atom. The van der Waals surface area contributed by atoms with Crippen molar-refractivity contribution in [3.63, 3.8) is 0 Å². The average Bonchev–Trinajstić information content (AvgIpc) is 2.12. The van der Waals surface area contributed by atoms with Crippen LogP contribution >= 0.6 is 23.2 Å². The van der Waals surface area contributed by atoms with E-state index >= 15 is 0 Å². The van der Waals surface area contributed by atoms with Gasteiger partial charge in [-0.2, -0.15) is 0 Å². The second-order valence-corrected chi connectivity index (χ2v) is 3.53. The molecule has 0 radical (unpaired) electrons. The molecule has 1 aromatic heterocycles. The van der Waals surface area contributed by atoms with Crippen LogP contribution in [0.1, 0.15) is 11.1 Å². The Balaban J connectivity index is 2.54. The van der Waals surface area contributed by atoms with Gasteiger partial charge in [0.05, 0.1) is 5.02 Å². The van der Waals surface area contributed by atoms with Gasteiger partial charge in [-0.1, -0.05) is 23.2 Å². The van der Waals surface area contributed by atoms with E-state index < -0.39 is 0 Å². The summed E-state index contributed by atoms with van der Waals surface area (Å²) in [4.78, 5) is 3.99. The van der Waals surface area contributed by atoms with Gasteiger partial charge in [-0.05, 0) is 24.1 Å². The van der Waals surface area contributed by atoms with E-state index in [4.69, 9.17) is 23.2 Å². The molecule has 1 aliphatic heterocycles. The van der Waals surface area contributed by atoms with E-state index in [2.05, 4.69) is 10.3 Å². The van der Waals surface area contributed by atoms with Crippen molar-refractivity contribution in [2.24, 2.45) is 0 Å². The average molecular weight is 203 g/mol. The van der Waals surface area contributed by atoms with Crippen LogP contribution in [0.3, 0.4) is 0 Å². The quantitative estimate of drug-likeness (QED) is 0.652. The summed E-state index contributed by atoms with van der Waals surface area (Å²) in [6, 6.07) is 0. The summed E-state index contributed by atoms with van der Waals surface area (Å²) in [6.07, 6.45) is 2.73. The molecule has 0 atom stereocenters. The van der Waals surface area contributed by atoms with Crippen molar-refractivity contribution in [2.75, 3.05) is 6.54 Å². The molecule has 0 amide bonds. The predicted molar refractivity (Wildman–Crippen MR) is 49.7 cm³/mol. The van der Waals surface area contributed by atoms with Crippen LogP contribution in [-0.4, -0.2) is 11.5 Å². The molecule has 0 aromatic carbocycles. The summed E-state index contributed by atoms with van der Waals surface area (Å²) in [5.41, 5.74) is 2.31. The largest absolute Gasteiger partial charge is 0.312 e. The highest BCUT2D eigenvalue weighted by molar-refractivity contribution is 6.41. The van der Waals surface area contributed by atoms with E-state index in [1.54, 1.807) is 6.20 Å². The predicted octanol–water partition coefficient (Wildman–Crippen LogP) is 2.03. The maximum Gasteiger partial charge on any atom is 0.147 e. The molecule has 1 aromatic rings. The molecule has 2 rings (SSSR count). The summed E-state index contributed by atoms with van der Waals surface area (Å²) in [6.45, 7) is 1.81. The van der Waals surface area contributed by atoms with Gasteiger partial charge in [-0.3, -0.25) is 0 Å². The fraction of sp³-hybridized carbons (Fsp3) is 0.375. The first-order valence-electron chi connectivity index (χ1n) is 3.81. The molecule has 12 heavy (non-hydrogen) atoms. The highest BCUT2D eigenvalue weighted by Gasteiger charge is 2.14. The van der Waals surface area contributed by atoms with Crippen molar-refractivity contribution in [1.82, 2.24) is 10.3 Å². The first-order valence-corrected chi connectivity index (χ1v) is 4.57. The van der Waals surface area contributed by atoms with Crippen molar-refractivity contribution in [3.05, 3.63) is 27.5 Å². The van der Waals surface area contributed by atoms with E-state index in [1.165, 1.54) is 0 Å². The number of nitrogens with zero attached hydrogens (tertiary/aromatic N) is 1. The van der Waals surface area contributed by atoms with Crippen LogP contribution in [0.4, 0.5) is 0 Å². The molecule has 4 heteroatoms. The maximum absolute atomic E-state index is 5.99. The van der Waals surface area contributed by atoms with Crippen molar-refractivity contribution in [1.29, 1.82) is 0 Å². The molecule has 0 unspecified atom stereocenters. The zero-order chi connectivity index (χ0) is 8.55. The van der Waals surface area contributed by atoms with Gasteiger partial charge < -0.3 is 5.32 Å². The molecule has 1 N–H and O–H groups in total. The highest BCUT2D eigenvalue weighted by Crippen LogP contribution is 2.27. The van der Waals surface area contributed by atoms with Crippen LogP contribution < -0.4 is 5.32 Å². The topological polar surface area (TPSA) is 24.9 Å². The monoisotopic (exact) mass is 202 g/mol. The molecular weight excluding hydrogens is 195 g/mol. The van der Waals surface area contributed by atoms with Crippen LogP contribution in [0.15, 0.2) is 6.20 Å². The summed E-state index contributed by atoms with van der Waals surface area (Å²) < 4.78 is 0. The third kappa shape index (κ3) is 1.30. The molecule has 2 nitrogen and oxygen atoms in total. The Kier molecular flexibility index (Phi) is 2.22. The van der Waals surface area contributed by atoms with Gasteiger partial charge in [0, 0.05) is 12.7 Å². The van der Waals surface area contributed by atoms with Crippen LogP contribution in [-0.2, 0) is 13.0 Å². The molecule has 0 spiro atoms. The second-order valence-electron chi connectivity index (χ2n) is 2.79. The summed E-state index contributed by atoms with van der Waals surface area (Å²) in [5, 5.41) is 4.28. The van der Waals surface area contributed by atoms with Gasteiger partial charge >= 0.3 is 0 Å². The summed E-state index contributed by atoms with van der Waals surface area (Å²) in [7, 11) is 0. The minimum Gasteiger partial charge on any atom is -0.312 e. The van der Waals surface area contributed by atoms with Crippen LogP contribution in [0, 0.1) is 0 Å². The molecule has 1 aliphatic rings. The van der Waals surface area contributed by atoms with Gasteiger partial charge in [-0.15, -0.1) is 0 Å². The zero-order valence-corrected chi connectivity index (χ0v) is 7.91. The van der Waals surface area contributed by atoms with Gasteiger partial charge in [0.1, 0.15) is 5.15 Å². The van der Waals surface area contributed by atoms with Gasteiger partial charge in [0.2, 0.25) is 0 Å². The smallest absolute Gasteiger partial charge is 0.147 e. The van der Waals surface area contributed by atoms with Crippen molar-refractivity contribution in [2.45, 2.75) is 13.0 Å². The third-order valence-electron chi connectivity index (χ3n) is 2.03. The highest BCUT2D eigenvalue weighted by atomic mass is 35.5. The Bertz CT molecular complexity index is 312. The first kappa shape index (κ1) is 8.30. The summed E-state index contributed by atoms with van der Waals surface area (Å²) >= 11 is 11.8. The lowest BCUT2D eigenvalue weighted by Gasteiger charge is -2.17. The Labute approximate surface area is 80.9 Å². The molecule has 0 bridgehead atoms. The fourth-order valence-electron chi connectivity index (χ4n) is 1.39. The van der Waals surface area contributed by atoms with Crippen LogP contribution in [0.25, 0.3) is 0 Å². The number of aromatic nitrogens is 1. The lowest BCUT2D eigenvalue weighted by molar-refractivity contribution is 0.641. The third-order valence-corrected chi connectivity index (χ3v) is 2.83. The lowest BCUT2D eigenvalue weighted by atomic mass is 10.0. The normalized spacial score (nSPS) is 15.8. The van der Waals surface area contributed by atoms with Gasteiger partial charge in [0.25, 0.3) is 0 Å². The van der Waals surface area contributed by atoms with Crippen molar-refractivity contribution in [3.8, 4) is 0 Å². The molecule has 0 fully saturated rings. The molecule has 0 aliphatic carbocycles. The minimum absolute atomic E-state index is 0.414. The summed E-state index contributed by atoms with van der Waals surface area (Å²) in [5.74, 6) is 0. The number of halogens is 2. The number of hydrogen-bond donors (Lipinski definition) is 1. The van der Waals surface area contributed by atoms with E-state index in [0.717, 1.165) is 30.6 Å². The first-order chi connectivity index (χ1) is 5.79. The van der Waals surface area contributed by atoms with Crippen molar-refractivity contribution < 1.29 is 0 Å². The number of rotatable bonds is 0. The van der Waals surface area contributed by atoms with E-state index in [0.29, 0.717) is 10.2 Å². The number of nitrogens with one attached hydrogen (secondary N) is 1. The van der Waals surface area contributed by atoms with Crippen LogP contribution in [0.5, 0.6) is 0 Å². The minimum atomic E-state index is 0.414. The Morgan fingerprint density at radius 2 is 2.25 bits per heavy atom.